The van der Waals surface area contributed by atoms with E-state index in [1.54, 1.807) is 0 Å². The van der Waals surface area contributed by atoms with E-state index in [0.29, 0.717) is 6.42 Å². The highest BCUT2D eigenvalue weighted by Gasteiger charge is 2.29. The highest BCUT2D eigenvalue weighted by Crippen LogP contribution is 2.09. The Morgan fingerprint density at radius 3 is 1.58 bits per heavy atom. The molecule has 0 saturated carbocycles. The van der Waals surface area contributed by atoms with Crippen molar-refractivity contribution in [2.75, 3.05) is 6.61 Å². The van der Waals surface area contributed by atoms with Crippen molar-refractivity contribution >= 4 is 37.9 Å². The molecule has 0 saturated heterocycles. The zero-order valence-corrected chi connectivity index (χ0v) is 24.2. The molecule has 0 aliphatic carbocycles. The van der Waals surface area contributed by atoms with Gasteiger partial charge in [-0.3, -0.25) is 14.4 Å². The van der Waals surface area contributed by atoms with Crippen LogP contribution in [0.15, 0.2) is 0 Å². The van der Waals surface area contributed by atoms with E-state index in [-0.39, 0.29) is 24.9 Å². The lowest BCUT2D eigenvalue weighted by atomic mass is 10.0. The summed E-state index contributed by atoms with van der Waals surface area (Å²) < 4.78 is 5.15. The number of hydrogen-bond donors (Lipinski definition) is 5. The fourth-order valence-corrected chi connectivity index (χ4v) is 3.82. The van der Waals surface area contributed by atoms with Gasteiger partial charge in [0.15, 0.2) is 0 Å². The lowest BCUT2D eigenvalue weighted by Gasteiger charge is -2.25. The Bertz CT molecular complexity index is 768. The van der Waals surface area contributed by atoms with Crippen LogP contribution in [0.3, 0.4) is 0 Å². The van der Waals surface area contributed by atoms with Crippen LogP contribution >= 0.6 is 0 Å². The first kappa shape index (κ1) is 33.4. The minimum Gasteiger partial charge on any atom is -0.480 e. The molecule has 12 heteroatoms. The highest BCUT2D eigenvalue weighted by molar-refractivity contribution is 6.76. The second-order valence-electron chi connectivity index (χ2n) is 11.3. The Labute approximate surface area is 215 Å². The van der Waals surface area contributed by atoms with Crippen LogP contribution in [0.1, 0.15) is 54.4 Å². The first-order valence-corrected chi connectivity index (χ1v) is 16.2. The molecule has 0 aromatic heterocycles. The van der Waals surface area contributed by atoms with Gasteiger partial charge in [0.2, 0.25) is 17.7 Å². The Hall–Kier alpha value is -2.63. The number of carboxylic acids is 1. The van der Waals surface area contributed by atoms with Gasteiger partial charge in [-0.1, -0.05) is 47.3 Å². The lowest BCUT2D eigenvalue weighted by molar-refractivity contribution is -0.142. The summed E-state index contributed by atoms with van der Waals surface area (Å²) in [5.41, 5.74) is 0. The molecule has 0 bridgehead atoms. The number of aliphatic carboxylic acids is 1. The maximum atomic E-state index is 12.9. The number of carbonyl (C=O) groups excluding carboxylic acids is 4. The SMILES string of the molecule is CC(C)C[C@H](NC(=O)[C@H](C)NC(=O)[C@H](CC(C)C)NC(=O)[C@H](C)NC(=O)OCC[Si](C)(C)C)C(=O)O. The number of nitrogens with one attached hydrogen (secondary N) is 4. The van der Waals surface area contributed by atoms with Gasteiger partial charge in [0, 0.05) is 8.07 Å². The summed E-state index contributed by atoms with van der Waals surface area (Å²) in [6.45, 7) is 17.1. The summed E-state index contributed by atoms with van der Waals surface area (Å²) in [5, 5.41) is 19.4. The van der Waals surface area contributed by atoms with E-state index in [0.717, 1.165) is 6.04 Å². The third-order valence-corrected chi connectivity index (χ3v) is 6.93. The molecule has 0 aliphatic rings. The fraction of sp³-hybridized carbons (Fsp3) is 0.792. The average Bonchev–Trinajstić information content (AvgIpc) is 2.70. The smallest absolute Gasteiger partial charge is 0.407 e. The van der Waals surface area contributed by atoms with E-state index in [2.05, 4.69) is 40.9 Å². The summed E-state index contributed by atoms with van der Waals surface area (Å²) in [4.78, 5) is 61.4. The van der Waals surface area contributed by atoms with E-state index in [1.165, 1.54) is 13.8 Å². The van der Waals surface area contributed by atoms with Crippen LogP contribution < -0.4 is 21.3 Å². The normalized spacial score (nSPS) is 14.9. The number of hydrogen-bond acceptors (Lipinski definition) is 6. The maximum Gasteiger partial charge on any atom is 0.407 e. The number of amides is 4. The molecule has 4 atom stereocenters. The van der Waals surface area contributed by atoms with Crippen molar-refractivity contribution in [3.8, 4) is 0 Å². The Balaban J connectivity index is 5.03. The van der Waals surface area contributed by atoms with Crippen molar-refractivity contribution in [2.45, 2.75) is 104 Å². The molecule has 4 amide bonds. The van der Waals surface area contributed by atoms with E-state index >= 15 is 0 Å². The first-order chi connectivity index (χ1) is 16.4. The molecule has 208 valence electrons. The molecule has 0 unspecified atom stereocenters. The molecular formula is C24H46N4O7Si. The number of carbonyl (C=O) groups is 5. The fourth-order valence-electron chi connectivity index (χ4n) is 3.10. The number of ether oxygens (including phenoxy) is 1. The largest absolute Gasteiger partial charge is 0.480 e. The van der Waals surface area contributed by atoms with Gasteiger partial charge in [0.1, 0.15) is 24.2 Å². The Morgan fingerprint density at radius 2 is 1.14 bits per heavy atom. The van der Waals surface area contributed by atoms with Crippen LogP contribution in [0.2, 0.25) is 25.7 Å². The second kappa shape index (κ2) is 15.5. The van der Waals surface area contributed by atoms with Crippen LogP contribution in [0.5, 0.6) is 0 Å². The molecule has 0 aromatic rings. The van der Waals surface area contributed by atoms with Crippen molar-refractivity contribution in [2.24, 2.45) is 11.8 Å². The summed E-state index contributed by atoms with van der Waals surface area (Å²) >= 11 is 0. The van der Waals surface area contributed by atoms with Crippen LogP contribution in [0.25, 0.3) is 0 Å². The molecule has 11 nitrogen and oxygen atoms in total. The molecule has 0 aromatic carbocycles. The second-order valence-corrected chi connectivity index (χ2v) is 16.9. The summed E-state index contributed by atoms with van der Waals surface area (Å²) in [6.07, 6.45) is -0.163. The van der Waals surface area contributed by atoms with Crippen molar-refractivity contribution < 1.29 is 33.8 Å². The third-order valence-electron chi connectivity index (χ3n) is 5.23. The molecule has 0 radical (unpaired) electrons. The Morgan fingerprint density at radius 1 is 0.694 bits per heavy atom. The first-order valence-electron chi connectivity index (χ1n) is 12.5. The molecule has 0 heterocycles. The maximum absolute atomic E-state index is 12.9. The predicted molar refractivity (Wildman–Crippen MR) is 140 cm³/mol. The van der Waals surface area contributed by atoms with Gasteiger partial charge in [-0.25, -0.2) is 9.59 Å². The molecule has 36 heavy (non-hydrogen) atoms. The van der Waals surface area contributed by atoms with Crippen molar-refractivity contribution in [1.82, 2.24) is 21.3 Å². The van der Waals surface area contributed by atoms with E-state index in [9.17, 15) is 29.1 Å². The van der Waals surface area contributed by atoms with E-state index in [1.807, 2.05) is 27.7 Å². The van der Waals surface area contributed by atoms with Crippen molar-refractivity contribution in [1.29, 1.82) is 0 Å². The molecule has 0 fully saturated rings. The van der Waals surface area contributed by atoms with Crippen molar-refractivity contribution in [3.05, 3.63) is 0 Å². The number of alkyl carbamates (subject to hydrolysis) is 1. The quantitative estimate of drug-likeness (QED) is 0.202. The molecule has 5 N–H and O–H groups in total. The van der Waals surface area contributed by atoms with Gasteiger partial charge < -0.3 is 31.1 Å². The Kier molecular flexibility index (Phi) is 14.3. The highest BCUT2D eigenvalue weighted by atomic mass is 28.3. The zero-order valence-electron chi connectivity index (χ0n) is 23.2. The molecule has 0 aliphatic heterocycles. The molecule has 0 spiro atoms. The van der Waals surface area contributed by atoms with Gasteiger partial charge in [-0.2, -0.15) is 0 Å². The molecular weight excluding hydrogens is 484 g/mol. The average molecular weight is 531 g/mol. The van der Waals surface area contributed by atoms with Gasteiger partial charge >= 0.3 is 12.1 Å². The van der Waals surface area contributed by atoms with Crippen LogP contribution in [-0.4, -0.2) is 73.7 Å². The van der Waals surface area contributed by atoms with Gasteiger partial charge in [0.05, 0.1) is 6.61 Å². The number of carboxylic acid groups (broad SMARTS) is 1. The van der Waals surface area contributed by atoms with Crippen LogP contribution in [-0.2, 0) is 23.9 Å². The minimum absolute atomic E-state index is 0.0439. The minimum atomic E-state index is -1.37. The van der Waals surface area contributed by atoms with Gasteiger partial charge in [0.25, 0.3) is 0 Å². The lowest BCUT2D eigenvalue weighted by Crippen LogP contribution is -2.57. The van der Waals surface area contributed by atoms with Crippen molar-refractivity contribution in [3.63, 3.8) is 0 Å². The zero-order chi connectivity index (χ0) is 28.2. The monoisotopic (exact) mass is 530 g/mol. The van der Waals surface area contributed by atoms with Crippen LogP contribution in [0.4, 0.5) is 4.79 Å². The number of rotatable bonds is 15. The van der Waals surface area contributed by atoms with E-state index < -0.39 is 62.0 Å². The summed E-state index contributed by atoms with van der Waals surface area (Å²) in [7, 11) is -1.37. The molecule has 0 rings (SSSR count). The van der Waals surface area contributed by atoms with E-state index in [4.69, 9.17) is 4.74 Å². The standard InChI is InChI=1S/C24H46N4O7Si/c1-14(2)12-18(27-21(30)17(6)26-24(34)35-10-11-36(7,8)9)22(31)25-16(5)20(29)28-19(23(32)33)13-15(3)4/h14-19H,10-13H2,1-9H3,(H,25,31)(H,26,34)(H,27,30)(H,28,29)(H,32,33)/t16-,17-,18-,19-/m0/s1. The van der Waals surface area contributed by atoms with Gasteiger partial charge in [-0.05, 0) is 44.6 Å². The topological polar surface area (TPSA) is 163 Å². The summed E-state index contributed by atoms with van der Waals surface area (Å²) in [5.74, 6) is -2.85. The predicted octanol–water partition coefficient (Wildman–Crippen LogP) is 2.09. The third kappa shape index (κ3) is 14.7. The van der Waals surface area contributed by atoms with Crippen LogP contribution in [0, 0.1) is 11.8 Å². The van der Waals surface area contributed by atoms with Gasteiger partial charge in [-0.15, -0.1) is 0 Å². The summed E-state index contributed by atoms with van der Waals surface area (Å²) in [6, 6.07) is -3.19.